The van der Waals surface area contributed by atoms with E-state index in [1.165, 1.54) is 18.2 Å². The molecule has 30 heavy (non-hydrogen) atoms. The molecule has 0 aliphatic rings. The average Bonchev–Trinajstić information content (AvgIpc) is 3.12. The molecule has 4 aromatic carbocycles. The van der Waals surface area contributed by atoms with E-state index in [1.54, 1.807) is 0 Å². The number of aromatic nitrogens is 1. The van der Waals surface area contributed by atoms with E-state index in [1.807, 2.05) is 36.4 Å². The summed E-state index contributed by atoms with van der Waals surface area (Å²) in [5.41, 5.74) is 6.15. The Morgan fingerprint density at radius 1 is 0.767 bits per heavy atom. The average molecular weight is 458 g/mol. The second kappa shape index (κ2) is 7.73. The molecule has 1 N–H and O–H groups in total. The molecule has 0 amide bonds. The summed E-state index contributed by atoms with van der Waals surface area (Å²) in [5, 5.41) is 12.8. The predicted molar refractivity (Wildman–Crippen MR) is 126 cm³/mol. The van der Waals surface area contributed by atoms with E-state index in [-0.39, 0.29) is 0 Å². The van der Waals surface area contributed by atoms with E-state index in [4.69, 9.17) is 4.74 Å². The quantitative estimate of drug-likeness (QED) is 0.299. The summed E-state index contributed by atoms with van der Waals surface area (Å²) >= 11 is 3.63. The van der Waals surface area contributed by atoms with Crippen molar-refractivity contribution in [2.24, 2.45) is 0 Å². The molecule has 1 heterocycles. The van der Waals surface area contributed by atoms with E-state index >= 15 is 0 Å². The molecule has 1 aromatic heterocycles. The first-order chi connectivity index (χ1) is 14.7. The van der Waals surface area contributed by atoms with E-state index in [0.29, 0.717) is 0 Å². The number of aliphatic hydroxyl groups excluding tert-OH is 1. The number of hydrogen-bond donors (Lipinski definition) is 1. The van der Waals surface area contributed by atoms with Gasteiger partial charge in [-0.1, -0.05) is 70.5 Å². The molecule has 5 aromatic rings. The molecule has 5 rings (SSSR count). The molecule has 148 valence electrons. The lowest BCUT2D eigenvalue weighted by atomic mass is 10.0. The highest BCUT2D eigenvalue weighted by Crippen LogP contribution is 2.37. The maximum absolute atomic E-state index is 10.4. The molecule has 0 spiro atoms. The zero-order valence-corrected chi connectivity index (χ0v) is 18.0. The molecule has 0 fully saturated rings. The van der Waals surface area contributed by atoms with Crippen LogP contribution in [-0.2, 0) is 4.74 Å². The minimum atomic E-state index is -0.993. The third-order valence-electron chi connectivity index (χ3n) is 5.50. The van der Waals surface area contributed by atoms with Gasteiger partial charge in [-0.25, -0.2) is 0 Å². The second-order valence-electron chi connectivity index (χ2n) is 7.24. The molecule has 0 bridgehead atoms. The summed E-state index contributed by atoms with van der Waals surface area (Å²) in [6, 6.07) is 31.1. The highest BCUT2D eigenvalue weighted by atomic mass is 79.9. The highest BCUT2D eigenvalue weighted by molar-refractivity contribution is 9.10. The van der Waals surface area contributed by atoms with Crippen LogP contribution in [-0.4, -0.2) is 16.8 Å². The van der Waals surface area contributed by atoms with Crippen molar-refractivity contribution in [1.29, 1.82) is 0 Å². The summed E-state index contributed by atoms with van der Waals surface area (Å²) in [4.78, 5) is 0. The maximum atomic E-state index is 10.4. The van der Waals surface area contributed by atoms with Gasteiger partial charge in [0, 0.05) is 27.9 Å². The van der Waals surface area contributed by atoms with Crippen LogP contribution in [0.1, 0.15) is 11.9 Å². The van der Waals surface area contributed by atoms with Crippen LogP contribution < -0.4 is 0 Å². The van der Waals surface area contributed by atoms with Crippen LogP contribution in [0.25, 0.3) is 38.6 Å². The van der Waals surface area contributed by atoms with Gasteiger partial charge < -0.3 is 14.4 Å². The third-order valence-corrected chi connectivity index (χ3v) is 5.99. The van der Waals surface area contributed by atoms with Crippen LogP contribution in [0.15, 0.2) is 95.5 Å². The van der Waals surface area contributed by atoms with Gasteiger partial charge in [-0.05, 0) is 47.5 Å². The van der Waals surface area contributed by atoms with Gasteiger partial charge in [-0.2, -0.15) is 0 Å². The molecule has 1 atom stereocenters. The normalized spacial score (nSPS) is 12.5. The Balaban J connectivity index is 1.85. The fraction of sp³-hybridized carbons (Fsp3) is 0.0769. The van der Waals surface area contributed by atoms with Crippen molar-refractivity contribution in [1.82, 2.24) is 4.57 Å². The third kappa shape index (κ3) is 3.14. The Kier molecular flexibility index (Phi) is 4.91. The van der Waals surface area contributed by atoms with E-state index in [2.05, 4.69) is 75.1 Å². The fourth-order valence-corrected chi connectivity index (χ4v) is 4.45. The molecule has 0 saturated carbocycles. The van der Waals surface area contributed by atoms with Gasteiger partial charge in [0.15, 0.2) is 6.29 Å². The zero-order valence-electron chi connectivity index (χ0n) is 16.4. The van der Waals surface area contributed by atoms with Gasteiger partial charge in [-0.3, -0.25) is 0 Å². The lowest BCUT2D eigenvalue weighted by Crippen LogP contribution is -2.06. The number of benzene rings is 4. The Labute approximate surface area is 183 Å². The summed E-state index contributed by atoms with van der Waals surface area (Å²) in [7, 11) is 1.51. The summed E-state index contributed by atoms with van der Waals surface area (Å²) in [6.07, 6.45) is -0.993. The van der Waals surface area contributed by atoms with Gasteiger partial charge >= 0.3 is 0 Å². The topological polar surface area (TPSA) is 34.4 Å². The Morgan fingerprint density at radius 2 is 1.43 bits per heavy atom. The standard InChI is InChI=1S/C26H20BrNO2/c1-30-26(29)20-9-5-6-10-23(20)28-24-13-11-18(17-7-3-2-4-8-17)15-21(24)22-16-19(27)12-14-25(22)28/h2-16,26,29H,1H3. The van der Waals surface area contributed by atoms with Gasteiger partial charge in [0.25, 0.3) is 0 Å². The SMILES string of the molecule is COC(O)c1ccccc1-n1c2ccc(Br)cc2c2cc(-c3ccccc3)ccc21. The first-order valence-corrected chi connectivity index (χ1v) is 10.6. The minimum Gasteiger partial charge on any atom is -0.364 e. The summed E-state index contributed by atoms with van der Waals surface area (Å²) in [6.45, 7) is 0. The molecule has 4 heteroatoms. The Bertz CT molecular complexity index is 1360. The van der Waals surface area contributed by atoms with Gasteiger partial charge in [0.2, 0.25) is 0 Å². The van der Waals surface area contributed by atoms with Crippen LogP contribution in [0.4, 0.5) is 0 Å². The number of aliphatic hydroxyl groups is 1. The molecule has 0 aliphatic carbocycles. The van der Waals surface area contributed by atoms with Crippen molar-refractivity contribution in [2.75, 3.05) is 7.11 Å². The molecule has 1 unspecified atom stereocenters. The Hall–Kier alpha value is -2.92. The van der Waals surface area contributed by atoms with Crippen molar-refractivity contribution in [2.45, 2.75) is 6.29 Å². The molecular formula is C26H20BrNO2. The first-order valence-electron chi connectivity index (χ1n) is 9.76. The highest BCUT2D eigenvalue weighted by Gasteiger charge is 2.18. The number of para-hydroxylation sites is 1. The lowest BCUT2D eigenvalue weighted by molar-refractivity contribution is -0.0768. The van der Waals surface area contributed by atoms with E-state index < -0.39 is 6.29 Å². The molecule has 0 radical (unpaired) electrons. The van der Waals surface area contributed by atoms with Crippen molar-refractivity contribution in [3.05, 3.63) is 101 Å². The summed E-state index contributed by atoms with van der Waals surface area (Å²) in [5.74, 6) is 0. The monoisotopic (exact) mass is 457 g/mol. The van der Waals surface area contributed by atoms with E-state index in [9.17, 15) is 5.11 Å². The number of ether oxygens (including phenoxy) is 1. The summed E-state index contributed by atoms with van der Waals surface area (Å²) < 4.78 is 8.46. The van der Waals surface area contributed by atoms with Gasteiger partial charge in [-0.15, -0.1) is 0 Å². The smallest absolute Gasteiger partial charge is 0.182 e. The number of nitrogens with zero attached hydrogens (tertiary/aromatic N) is 1. The number of halogens is 1. The largest absolute Gasteiger partial charge is 0.364 e. The Morgan fingerprint density at radius 3 is 2.20 bits per heavy atom. The van der Waals surface area contributed by atoms with Crippen molar-refractivity contribution in [3.63, 3.8) is 0 Å². The van der Waals surface area contributed by atoms with Crippen LogP contribution in [0, 0.1) is 0 Å². The van der Waals surface area contributed by atoms with Crippen LogP contribution in [0.2, 0.25) is 0 Å². The van der Waals surface area contributed by atoms with Crippen molar-refractivity contribution >= 4 is 37.7 Å². The number of methoxy groups -OCH3 is 1. The molecule has 0 saturated heterocycles. The first kappa shape index (κ1) is 19.1. The second-order valence-corrected chi connectivity index (χ2v) is 8.16. The van der Waals surface area contributed by atoms with Crippen LogP contribution >= 0.6 is 15.9 Å². The van der Waals surface area contributed by atoms with E-state index in [0.717, 1.165) is 37.5 Å². The lowest BCUT2D eigenvalue weighted by Gasteiger charge is -2.17. The van der Waals surface area contributed by atoms with Gasteiger partial charge in [0.05, 0.1) is 16.7 Å². The molecular weight excluding hydrogens is 438 g/mol. The minimum absolute atomic E-state index is 0.730. The molecule has 3 nitrogen and oxygen atoms in total. The van der Waals surface area contributed by atoms with Gasteiger partial charge in [0.1, 0.15) is 0 Å². The molecule has 0 aliphatic heterocycles. The number of hydrogen-bond acceptors (Lipinski definition) is 2. The maximum Gasteiger partial charge on any atom is 0.182 e. The van der Waals surface area contributed by atoms with Crippen LogP contribution in [0.5, 0.6) is 0 Å². The zero-order chi connectivity index (χ0) is 20.7. The van der Waals surface area contributed by atoms with Crippen LogP contribution in [0.3, 0.4) is 0 Å². The van der Waals surface area contributed by atoms with Crippen molar-refractivity contribution in [3.8, 4) is 16.8 Å². The predicted octanol–water partition coefficient (Wildman–Crippen LogP) is 6.85. The number of rotatable bonds is 4. The number of fused-ring (bicyclic) bond motifs is 3. The fourth-order valence-electron chi connectivity index (χ4n) is 4.09. The van der Waals surface area contributed by atoms with Crippen molar-refractivity contribution < 1.29 is 9.84 Å².